The van der Waals surface area contributed by atoms with Crippen molar-refractivity contribution in [1.29, 1.82) is 0 Å². The van der Waals surface area contributed by atoms with E-state index in [1.54, 1.807) is 24.3 Å². The van der Waals surface area contributed by atoms with Crippen LogP contribution >= 0.6 is 0 Å². The second-order valence-corrected chi connectivity index (χ2v) is 5.89. The Labute approximate surface area is 128 Å². The van der Waals surface area contributed by atoms with Gasteiger partial charge in [-0.1, -0.05) is 18.2 Å². The Morgan fingerprint density at radius 3 is 2.36 bits per heavy atom. The average Bonchev–Trinajstić information content (AvgIpc) is 2.78. The minimum absolute atomic E-state index is 0.184. The summed E-state index contributed by atoms with van der Waals surface area (Å²) >= 11 is 0. The maximum atomic E-state index is 12.7. The first-order chi connectivity index (χ1) is 10.7. The van der Waals surface area contributed by atoms with Crippen molar-refractivity contribution in [3.8, 4) is 0 Å². The molecule has 1 unspecified atom stereocenters. The zero-order valence-corrected chi connectivity index (χ0v) is 12.1. The average molecular weight is 292 g/mol. The minimum Gasteiger partial charge on any atom is -0.399 e. The highest BCUT2D eigenvalue weighted by Gasteiger charge is 2.41. The second-order valence-electron chi connectivity index (χ2n) is 5.89. The molecule has 2 amide bonds. The van der Waals surface area contributed by atoms with Crippen LogP contribution in [0.1, 0.15) is 50.7 Å². The lowest BCUT2D eigenvalue weighted by Gasteiger charge is -2.32. The molecule has 1 aliphatic heterocycles. The van der Waals surface area contributed by atoms with E-state index in [4.69, 9.17) is 5.73 Å². The molecule has 2 aromatic rings. The SMILES string of the molecule is Nc1ccc2c(c1)CCCC2N1C(=O)c2ccccc2C1=O. The van der Waals surface area contributed by atoms with E-state index in [0.29, 0.717) is 11.1 Å². The van der Waals surface area contributed by atoms with Crippen LogP contribution in [0.3, 0.4) is 0 Å². The largest absolute Gasteiger partial charge is 0.399 e. The van der Waals surface area contributed by atoms with Crippen LogP contribution < -0.4 is 5.73 Å². The van der Waals surface area contributed by atoms with Crippen molar-refractivity contribution in [2.24, 2.45) is 0 Å². The normalized spacial score (nSPS) is 20.0. The number of carbonyl (C=O) groups is 2. The van der Waals surface area contributed by atoms with Gasteiger partial charge in [0.05, 0.1) is 17.2 Å². The summed E-state index contributed by atoms with van der Waals surface area (Å²) in [6.45, 7) is 0. The lowest BCUT2D eigenvalue weighted by molar-refractivity contribution is 0.0567. The number of imide groups is 1. The molecule has 0 bridgehead atoms. The number of nitrogens with two attached hydrogens (primary N) is 1. The summed E-state index contributed by atoms with van der Waals surface area (Å²) in [5.74, 6) is -0.370. The summed E-state index contributed by atoms with van der Waals surface area (Å²) in [4.78, 5) is 26.8. The zero-order chi connectivity index (χ0) is 15.3. The van der Waals surface area contributed by atoms with E-state index < -0.39 is 0 Å². The van der Waals surface area contributed by atoms with Gasteiger partial charge in [-0.05, 0) is 54.7 Å². The molecule has 22 heavy (non-hydrogen) atoms. The zero-order valence-electron chi connectivity index (χ0n) is 12.1. The van der Waals surface area contributed by atoms with E-state index >= 15 is 0 Å². The van der Waals surface area contributed by atoms with Crippen molar-refractivity contribution in [3.05, 3.63) is 64.7 Å². The Kier molecular flexibility index (Phi) is 2.79. The first kappa shape index (κ1) is 13.1. The molecule has 4 rings (SSSR count). The maximum absolute atomic E-state index is 12.7. The van der Waals surface area contributed by atoms with Gasteiger partial charge < -0.3 is 5.73 Å². The van der Waals surface area contributed by atoms with Gasteiger partial charge in [0.2, 0.25) is 0 Å². The molecule has 2 aliphatic rings. The minimum atomic E-state index is -0.185. The monoisotopic (exact) mass is 292 g/mol. The molecule has 4 heteroatoms. The Hall–Kier alpha value is -2.62. The number of rotatable bonds is 1. The van der Waals surface area contributed by atoms with Gasteiger partial charge in [-0.25, -0.2) is 0 Å². The summed E-state index contributed by atoms with van der Waals surface area (Å²) in [6.07, 6.45) is 2.71. The molecule has 0 saturated heterocycles. The highest BCUT2D eigenvalue weighted by atomic mass is 16.2. The third-order valence-corrected chi connectivity index (χ3v) is 4.59. The molecule has 4 nitrogen and oxygen atoms in total. The Morgan fingerprint density at radius 2 is 1.68 bits per heavy atom. The van der Waals surface area contributed by atoms with Gasteiger partial charge in [-0.3, -0.25) is 14.5 Å². The van der Waals surface area contributed by atoms with Crippen molar-refractivity contribution >= 4 is 17.5 Å². The van der Waals surface area contributed by atoms with Gasteiger partial charge >= 0.3 is 0 Å². The van der Waals surface area contributed by atoms with E-state index in [2.05, 4.69) is 0 Å². The third kappa shape index (κ3) is 1.77. The van der Waals surface area contributed by atoms with Crippen molar-refractivity contribution in [1.82, 2.24) is 4.90 Å². The number of fused-ring (bicyclic) bond motifs is 2. The molecule has 0 spiro atoms. The van der Waals surface area contributed by atoms with E-state index in [0.717, 1.165) is 36.1 Å². The lowest BCUT2D eigenvalue weighted by Crippen LogP contribution is -2.36. The van der Waals surface area contributed by atoms with Crippen LogP contribution in [0.15, 0.2) is 42.5 Å². The second kappa shape index (κ2) is 4.70. The molecule has 0 fully saturated rings. The molecular weight excluding hydrogens is 276 g/mol. The first-order valence-corrected chi connectivity index (χ1v) is 7.52. The van der Waals surface area contributed by atoms with Gasteiger partial charge in [0.1, 0.15) is 0 Å². The van der Waals surface area contributed by atoms with Crippen LogP contribution in [0.4, 0.5) is 5.69 Å². The molecule has 110 valence electrons. The number of nitrogens with zero attached hydrogens (tertiary/aromatic N) is 1. The van der Waals surface area contributed by atoms with Crippen LogP contribution in [0.25, 0.3) is 0 Å². The van der Waals surface area contributed by atoms with E-state index in [-0.39, 0.29) is 17.9 Å². The number of nitrogen functional groups attached to an aromatic ring is 1. The molecular formula is C18H16N2O2. The van der Waals surface area contributed by atoms with Crippen molar-refractivity contribution < 1.29 is 9.59 Å². The topological polar surface area (TPSA) is 63.4 Å². The number of amides is 2. The molecule has 0 saturated carbocycles. The van der Waals surface area contributed by atoms with Crippen molar-refractivity contribution in [2.75, 3.05) is 5.73 Å². The van der Waals surface area contributed by atoms with Crippen molar-refractivity contribution in [2.45, 2.75) is 25.3 Å². The van der Waals surface area contributed by atoms with Gasteiger partial charge in [0.15, 0.2) is 0 Å². The summed E-state index contributed by atoms with van der Waals surface area (Å²) in [5, 5.41) is 0. The number of aryl methyl sites for hydroxylation is 1. The summed E-state index contributed by atoms with van der Waals surface area (Å²) in [5.41, 5.74) is 9.80. The van der Waals surface area contributed by atoms with Crippen LogP contribution in [-0.2, 0) is 6.42 Å². The first-order valence-electron chi connectivity index (χ1n) is 7.52. The smallest absolute Gasteiger partial charge is 0.262 e. The molecule has 1 atom stereocenters. The van der Waals surface area contributed by atoms with Crippen LogP contribution in [0.5, 0.6) is 0 Å². The summed E-state index contributed by atoms with van der Waals surface area (Å²) in [7, 11) is 0. The van der Waals surface area contributed by atoms with Crippen LogP contribution in [-0.4, -0.2) is 16.7 Å². The third-order valence-electron chi connectivity index (χ3n) is 4.59. The van der Waals surface area contributed by atoms with Gasteiger partial charge in [-0.2, -0.15) is 0 Å². The van der Waals surface area contributed by atoms with E-state index in [1.807, 2.05) is 18.2 Å². The summed E-state index contributed by atoms with van der Waals surface area (Å²) in [6, 6.07) is 12.6. The fourth-order valence-corrected chi connectivity index (χ4v) is 3.57. The van der Waals surface area contributed by atoms with Crippen LogP contribution in [0.2, 0.25) is 0 Å². The number of carbonyl (C=O) groups excluding carboxylic acids is 2. The summed E-state index contributed by atoms with van der Waals surface area (Å²) < 4.78 is 0. The molecule has 1 heterocycles. The fourth-order valence-electron chi connectivity index (χ4n) is 3.57. The number of anilines is 1. The van der Waals surface area contributed by atoms with Crippen LogP contribution in [0, 0.1) is 0 Å². The highest BCUT2D eigenvalue weighted by molar-refractivity contribution is 6.21. The van der Waals surface area contributed by atoms with Gasteiger partial charge in [0, 0.05) is 5.69 Å². The molecule has 0 aromatic heterocycles. The van der Waals surface area contributed by atoms with Crippen molar-refractivity contribution in [3.63, 3.8) is 0 Å². The Balaban J connectivity index is 1.79. The number of benzene rings is 2. The predicted molar refractivity (Wildman–Crippen MR) is 83.5 cm³/mol. The number of hydrogen-bond donors (Lipinski definition) is 1. The molecule has 0 radical (unpaired) electrons. The van der Waals surface area contributed by atoms with Gasteiger partial charge in [0.25, 0.3) is 11.8 Å². The highest BCUT2D eigenvalue weighted by Crippen LogP contribution is 2.39. The number of hydrogen-bond acceptors (Lipinski definition) is 3. The standard InChI is InChI=1S/C18H16N2O2/c19-12-8-9-13-11(10-12)4-3-7-16(13)20-17(21)14-5-1-2-6-15(14)18(20)22/h1-2,5-6,8-10,16H,3-4,7,19H2. The Morgan fingerprint density at radius 1 is 1.00 bits per heavy atom. The van der Waals surface area contributed by atoms with E-state index in [9.17, 15) is 9.59 Å². The fraction of sp³-hybridized carbons (Fsp3) is 0.222. The molecule has 2 N–H and O–H groups in total. The lowest BCUT2D eigenvalue weighted by atomic mass is 9.86. The van der Waals surface area contributed by atoms with Gasteiger partial charge in [-0.15, -0.1) is 0 Å². The maximum Gasteiger partial charge on any atom is 0.262 e. The molecule has 1 aliphatic carbocycles. The van der Waals surface area contributed by atoms with E-state index in [1.165, 1.54) is 4.90 Å². The quantitative estimate of drug-likeness (QED) is 0.649. The Bertz CT molecular complexity index is 762. The predicted octanol–water partition coefficient (Wildman–Crippen LogP) is 2.94. The molecule has 2 aromatic carbocycles.